The summed E-state index contributed by atoms with van der Waals surface area (Å²) in [7, 11) is 0. The van der Waals surface area contributed by atoms with Crippen LogP contribution >= 0.6 is 0 Å². The van der Waals surface area contributed by atoms with Crippen LogP contribution in [0, 0.1) is 17.3 Å². The number of rotatable bonds is 7. The van der Waals surface area contributed by atoms with Crippen molar-refractivity contribution in [3.63, 3.8) is 0 Å². The van der Waals surface area contributed by atoms with E-state index in [2.05, 4.69) is 13.8 Å². The molecule has 1 fully saturated rings. The minimum atomic E-state index is -0.844. The summed E-state index contributed by atoms with van der Waals surface area (Å²) in [5, 5.41) is 9.19. The number of nitrogens with zero attached hydrogens (tertiary/aromatic N) is 1. The zero-order chi connectivity index (χ0) is 14.8. The standard InChI is InChI=1S/C15H27NO3/c1-6-8-9-16(10(3)7-2)13(17)11-12(14(18)19)15(11,4)5/h10-12H,6-9H2,1-5H3,(H,18,19)/t10?,11-,12+/m1/s1. The van der Waals surface area contributed by atoms with Gasteiger partial charge in [0.15, 0.2) is 0 Å². The van der Waals surface area contributed by atoms with Crippen LogP contribution in [0.25, 0.3) is 0 Å². The molecule has 0 heterocycles. The average Bonchev–Trinajstić information content (AvgIpc) is 2.92. The molecule has 1 amide bonds. The van der Waals surface area contributed by atoms with Gasteiger partial charge in [-0.1, -0.05) is 34.1 Å². The summed E-state index contributed by atoms with van der Waals surface area (Å²) in [6, 6.07) is 0.185. The molecule has 3 atom stereocenters. The van der Waals surface area contributed by atoms with Gasteiger partial charge in [0.25, 0.3) is 0 Å². The van der Waals surface area contributed by atoms with Crippen molar-refractivity contribution in [3.05, 3.63) is 0 Å². The van der Waals surface area contributed by atoms with Gasteiger partial charge in [-0.2, -0.15) is 0 Å². The van der Waals surface area contributed by atoms with Crippen molar-refractivity contribution in [2.24, 2.45) is 17.3 Å². The molecular weight excluding hydrogens is 242 g/mol. The third-order valence-electron chi connectivity index (χ3n) is 4.52. The minimum Gasteiger partial charge on any atom is -0.481 e. The maximum atomic E-state index is 12.6. The number of carbonyl (C=O) groups is 2. The molecule has 0 spiro atoms. The highest BCUT2D eigenvalue weighted by atomic mass is 16.4. The molecule has 0 aromatic rings. The first-order valence-corrected chi connectivity index (χ1v) is 7.32. The van der Waals surface area contributed by atoms with E-state index in [1.165, 1.54) is 0 Å². The largest absolute Gasteiger partial charge is 0.481 e. The molecule has 110 valence electrons. The second-order valence-electron chi connectivity index (χ2n) is 6.26. The molecule has 0 aromatic heterocycles. The summed E-state index contributed by atoms with van der Waals surface area (Å²) >= 11 is 0. The fraction of sp³-hybridized carbons (Fsp3) is 0.867. The highest BCUT2D eigenvalue weighted by Crippen LogP contribution is 2.59. The first-order valence-electron chi connectivity index (χ1n) is 7.32. The van der Waals surface area contributed by atoms with Crippen molar-refractivity contribution in [3.8, 4) is 0 Å². The molecule has 1 saturated carbocycles. The molecule has 1 rings (SSSR count). The van der Waals surface area contributed by atoms with E-state index in [-0.39, 0.29) is 17.9 Å². The number of unbranched alkanes of at least 4 members (excludes halogenated alkanes) is 1. The molecule has 0 bridgehead atoms. The van der Waals surface area contributed by atoms with Crippen LogP contribution < -0.4 is 0 Å². The number of aliphatic carboxylic acids is 1. The lowest BCUT2D eigenvalue weighted by Gasteiger charge is -2.29. The van der Waals surface area contributed by atoms with Crippen LogP contribution in [0.2, 0.25) is 0 Å². The predicted octanol–water partition coefficient (Wildman–Crippen LogP) is 2.77. The monoisotopic (exact) mass is 269 g/mol. The Morgan fingerprint density at radius 2 is 1.84 bits per heavy atom. The molecule has 1 N–H and O–H groups in total. The quantitative estimate of drug-likeness (QED) is 0.773. The van der Waals surface area contributed by atoms with Crippen molar-refractivity contribution in [2.45, 2.75) is 59.9 Å². The van der Waals surface area contributed by atoms with E-state index in [9.17, 15) is 14.7 Å². The van der Waals surface area contributed by atoms with E-state index >= 15 is 0 Å². The molecule has 0 aliphatic heterocycles. The Morgan fingerprint density at radius 3 is 2.21 bits per heavy atom. The summed E-state index contributed by atoms with van der Waals surface area (Å²) in [6.07, 6.45) is 2.91. The van der Waals surface area contributed by atoms with Crippen LogP contribution in [0.5, 0.6) is 0 Å². The van der Waals surface area contributed by atoms with Gasteiger partial charge in [-0.05, 0) is 25.2 Å². The van der Waals surface area contributed by atoms with Gasteiger partial charge in [-0.3, -0.25) is 9.59 Å². The highest BCUT2D eigenvalue weighted by Gasteiger charge is 2.66. The zero-order valence-electron chi connectivity index (χ0n) is 12.8. The zero-order valence-corrected chi connectivity index (χ0v) is 12.8. The number of carboxylic acids is 1. The van der Waals surface area contributed by atoms with Gasteiger partial charge in [-0.15, -0.1) is 0 Å². The Morgan fingerprint density at radius 1 is 1.26 bits per heavy atom. The van der Waals surface area contributed by atoms with Crippen molar-refractivity contribution >= 4 is 11.9 Å². The number of amides is 1. The van der Waals surface area contributed by atoms with Gasteiger partial charge in [0.05, 0.1) is 11.8 Å². The number of hydrogen-bond acceptors (Lipinski definition) is 2. The topological polar surface area (TPSA) is 57.6 Å². The fourth-order valence-corrected chi connectivity index (χ4v) is 2.83. The Bertz CT molecular complexity index is 351. The summed E-state index contributed by atoms with van der Waals surface area (Å²) in [5.74, 6) is -1.69. The second kappa shape index (κ2) is 5.93. The third kappa shape index (κ3) is 3.10. The Labute approximate surface area is 116 Å². The molecule has 1 unspecified atom stereocenters. The molecular formula is C15H27NO3. The van der Waals surface area contributed by atoms with Crippen LogP contribution in [0.1, 0.15) is 53.9 Å². The van der Waals surface area contributed by atoms with Gasteiger partial charge >= 0.3 is 5.97 Å². The summed E-state index contributed by atoms with van der Waals surface area (Å²) in [5.41, 5.74) is -0.402. The smallest absolute Gasteiger partial charge is 0.307 e. The Hall–Kier alpha value is -1.06. The SMILES string of the molecule is CCCCN(C(=O)[C@H]1[C@@H](C(=O)O)C1(C)C)C(C)CC. The second-order valence-corrected chi connectivity index (χ2v) is 6.26. The molecule has 1 aliphatic carbocycles. The van der Waals surface area contributed by atoms with E-state index in [1.807, 2.05) is 25.7 Å². The highest BCUT2D eigenvalue weighted by molar-refractivity contribution is 5.91. The van der Waals surface area contributed by atoms with Crippen LogP contribution in [0.15, 0.2) is 0 Å². The Kier molecular flexibility index (Phi) is 4.99. The van der Waals surface area contributed by atoms with Crippen molar-refractivity contribution in [2.75, 3.05) is 6.54 Å². The van der Waals surface area contributed by atoms with Gasteiger partial charge in [0.2, 0.25) is 5.91 Å². The summed E-state index contributed by atoms with van der Waals surface area (Å²) in [6.45, 7) is 10.7. The van der Waals surface area contributed by atoms with Crippen LogP contribution in [0.4, 0.5) is 0 Å². The first-order chi connectivity index (χ1) is 8.78. The number of carboxylic acid groups (broad SMARTS) is 1. The normalized spacial score (nSPS) is 25.7. The van der Waals surface area contributed by atoms with Crippen molar-refractivity contribution < 1.29 is 14.7 Å². The lowest BCUT2D eigenvalue weighted by Crippen LogP contribution is -2.41. The first kappa shape index (κ1) is 16.0. The molecule has 4 heteroatoms. The number of carbonyl (C=O) groups excluding carboxylic acids is 1. The van der Waals surface area contributed by atoms with Crippen LogP contribution in [-0.2, 0) is 9.59 Å². The fourth-order valence-electron chi connectivity index (χ4n) is 2.83. The van der Waals surface area contributed by atoms with Crippen molar-refractivity contribution in [1.29, 1.82) is 0 Å². The summed E-state index contributed by atoms with van der Waals surface area (Å²) < 4.78 is 0. The van der Waals surface area contributed by atoms with E-state index < -0.39 is 17.3 Å². The molecule has 0 aromatic carbocycles. The molecule has 19 heavy (non-hydrogen) atoms. The lowest BCUT2D eigenvalue weighted by atomic mass is 10.1. The van der Waals surface area contributed by atoms with E-state index in [0.29, 0.717) is 0 Å². The van der Waals surface area contributed by atoms with Gasteiger partial charge in [0.1, 0.15) is 0 Å². The maximum Gasteiger partial charge on any atom is 0.307 e. The van der Waals surface area contributed by atoms with Crippen molar-refractivity contribution in [1.82, 2.24) is 4.90 Å². The maximum absolute atomic E-state index is 12.6. The number of hydrogen-bond donors (Lipinski definition) is 1. The molecule has 0 radical (unpaired) electrons. The van der Waals surface area contributed by atoms with Gasteiger partial charge < -0.3 is 10.0 Å². The third-order valence-corrected chi connectivity index (χ3v) is 4.52. The molecule has 1 aliphatic rings. The van der Waals surface area contributed by atoms with Gasteiger partial charge in [-0.25, -0.2) is 0 Å². The van der Waals surface area contributed by atoms with Gasteiger partial charge in [0, 0.05) is 12.6 Å². The van der Waals surface area contributed by atoms with E-state index in [4.69, 9.17) is 0 Å². The minimum absolute atomic E-state index is 0.0280. The van der Waals surface area contributed by atoms with E-state index in [0.717, 1.165) is 25.8 Å². The predicted molar refractivity (Wildman–Crippen MR) is 74.8 cm³/mol. The Balaban J connectivity index is 2.80. The summed E-state index contributed by atoms with van der Waals surface area (Å²) in [4.78, 5) is 25.7. The van der Waals surface area contributed by atoms with E-state index in [1.54, 1.807) is 0 Å². The average molecular weight is 269 g/mol. The lowest BCUT2D eigenvalue weighted by molar-refractivity contribution is -0.142. The van der Waals surface area contributed by atoms with Crippen LogP contribution in [-0.4, -0.2) is 34.5 Å². The molecule has 0 saturated heterocycles. The molecule has 4 nitrogen and oxygen atoms in total. The van der Waals surface area contributed by atoms with Crippen LogP contribution in [0.3, 0.4) is 0 Å².